The van der Waals surface area contributed by atoms with Crippen molar-refractivity contribution in [2.45, 2.75) is 25.3 Å². The van der Waals surface area contributed by atoms with Crippen molar-refractivity contribution in [1.29, 1.82) is 0 Å². The summed E-state index contributed by atoms with van der Waals surface area (Å²) in [6.07, 6.45) is 2.89. The second kappa shape index (κ2) is 5.94. The highest BCUT2D eigenvalue weighted by atomic mass is 79.9. The first-order valence-corrected chi connectivity index (χ1v) is 6.74. The van der Waals surface area contributed by atoms with Crippen LogP contribution in [0.4, 0.5) is 4.39 Å². The molecular weight excluding hydrogens is 285 g/mol. The van der Waals surface area contributed by atoms with E-state index in [-0.39, 0.29) is 11.9 Å². The average Bonchev–Trinajstić information content (AvgIpc) is 2.33. The van der Waals surface area contributed by atoms with E-state index in [1.807, 2.05) is 0 Å². The number of ether oxygens (including phenoxy) is 1. The predicted molar refractivity (Wildman–Crippen MR) is 69.2 cm³/mol. The molecule has 0 radical (unpaired) electrons. The number of benzene rings is 1. The summed E-state index contributed by atoms with van der Waals surface area (Å²) in [5, 5.41) is 0. The van der Waals surface area contributed by atoms with Crippen LogP contribution >= 0.6 is 15.9 Å². The lowest BCUT2D eigenvalue weighted by Crippen LogP contribution is -2.22. The molecule has 0 bridgehead atoms. The Morgan fingerprint density at radius 2 is 2.12 bits per heavy atom. The van der Waals surface area contributed by atoms with Crippen molar-refractivity contribution in [3.8, 4) is 0 Å². The first-order chi connectivity index (χ1) is 8.16. The van der Waals surface area contributed by atoms with Gasteiger partial charge in [0.05, 0.1) is 0 Å². The Bertz CT molecular complexity index is 380. The maximum absolute atomic E-state index is 13.6. The van der Waals surface area contributed by atoms with Gasteiger partial charge in [-0.05, 0) is 43.4 Å². The molecule has 94 valence electrons. The highest BCUT2D eigenvalue weighted by Crippen LogP contribution is 2.28. The van der Waals surface area contributed by atoms with E-state index in [4.69, 9.17) is 10.5 Å². The highest BCUT2D eigenvalue weighted by Gasteiger charge is 2.20. The van der Waals surface area contributed by atoms with E-state index in [0.29, 0.717) is 11.5 Å². The van der Waals surface area contributed by atoms with Crippen LogP contribution in [0.5, 0.6) is 0 Å². The molecule has 1 saturated heterocycles. The van der Waals surface area contributed by atoms with Crippen LogP contribution in [0.25, 0.3) is 0 Å². The maximum Gasteiger partial charge on any atom is 0.128 e. The zero-order chi connectivity index (χ0) is 12.3. The lowest BCUT2D eigenvalue weighted by atomic mass is 9.90. The minimum absolute atomic E-state index is 0.215. The zero-order valence-electron chi connectivity index (χ0n) is 9.66. The third kappa shape index (κ3) is 3.50. The Balaban J connectivity index is 2.02. The Hall–Kier alpha value is -0.450. The molecule has 2 N–H and O–H groups in total. The monoisotopic (exact) mass is 301 g/mol. The summed E-state index contributed by atoms with van der Waals surface area (Å²) in [7, 11) is 0. The second-order valence-corrected chi connectivity index (χ2v) is 5.48. The normalized spacial score (nSPS) is 19.2. The van der Waals surface area contributed by atoms with Crippen molar-refractivity contribution in [1.82, 2.24) is 0 Å². The average molecular weight is 302 g/mol. The van der Waals surface area contributed by atoms with Gasteiger partial charge in [-0.25, -0.2) is 4.39 Å². The molecule has 2 rings (SSSR count). The number of hydrogen-bond acceptors (Lipinski definition) is 2. The van der Waals surface area contributed by atoms with E-state index in [2.05, 4.69) is 15.9 Å². The smallest absolute Gasteiger partial charge is 0.128 e. The van der Waals surface area contributed by atoms with Crippen molar-refractivity contribution in [3.05, 3.63) is 34.1 Å². The molecule has 0 aromatic heterocycles. The fourth-order valence-corrected chi connectivity index (χ4v) is 2.65. The molecule has 1 atom stereocenters. The Labute approximate surface area is 109 Å². The predicted octanol–water partition coefficient (Wildman–Crippen LogP) is 3.40. The molecule has 1 fully saturated rings. The third-order valence-corrected chi connectivity index (χ3v) is 3.78. The van der Waals surface area contributed by atoms with E-state index in [9.17, 15) is 4.39 Å². The minimum Gasteiger partial charge on any atom is -0.381 e. The summed E-state index contributed by atoms with van der Waals surface area (Å²) in [5.41, 5.74) is 6.70. The number of rotatable bonds is 3. The molecule has 1 aliphatic heterocycles. The molecule has 0 spiro atoms. The van der Waals surface area contributed by atoms with Crippen LogP contribution in [-0.2, 0) is 4.74 Å². The molecule has 0 saturated carbocycles. The molecule has 1 aromatic rings. The number of halogens is 2. The Morgan fingerprint density at radius 1 is 1.41 bits per heavy atom. The summed E-state index contributed by atoms with van der Waals surface area (Å²) in [4.78, 5) is 0. The fraction of sp³-hybridized carbons (Fsp3) is 0.538. The van der Waals surface area contributed by atoms with Gasteiger partial charge in [0, 0.05) is 29.3 Å². The number of nitrogens with two attached hydrogens (primary N) is 1. The molecule has 1 aromatic carbocycles. The fourth-order valence-electron chi connectivity index (χ4n) is 2.27. The van der Waals surface area contributed by atoms with Crippen LogP contribution < -0.4 is 5.73 Å². The van der Waals surface area contributed by atoms with Gasteiger partial charge in [0.2, 0.25) is 0 Å². The molecule has 1 heterocycles. The van der Waals surface area contributed by atoms with Crippen molar-refractivity contribution in [2.24, 2.45) is 11.7 Å². The molecular formula is C13H17BrFNO. The van der Waals surface area contributed by atoms with Gasteiger partial charge in [0.1, 0.15) is 5.82 Å². The Morgan fingerprint density at radius 3 is 2.82 bits per heavy atom. The Kier molecular flexibility index (Phi) is 4.54. The van der Waals surface area contributed by atoms with Gasteiger partial charge in [0.15, 0.2) is 0 Å². The van der Waals surface area contributed by atoms with E-state index in [1.54, 1.807) is 12.1 Å². The van der Waals surface area contributed by atoms with Crippen LogP contribution in [0.3, 0.4) is 0 Å². The summed E-state index contributed by atoms with van der Waals surface area (Å²) < 4.78 is 19.8. The third-order valence-electron chi connectivity index (χ3n) is 3.29. The molecule has 0 amide bonds. The SMILES string of the molecule is NC(CC1CCOCC1)c1cc(Br)ccc1F. The van der Waals surface area contributed by atoms with E-state index >= 15 is 0 Å². The van der Waals surface area contributed by atoms with Crippen molar-refractivity contribution >= 4 is 15.9 Å². The maximum atomic E-state index is 13.6. The largest absolute Gasteiger partial charge is 0.381 e. The van der Waals surface area contributed by atoms with Crippen LogP contribution in [0, 0.1) is 11.7 Å². The first kappa shape index (κ1) is 13.0. The van der Waals surface area contributed by atoms with Gasteiger partial charge in [-0.1, -0.05) is 15.9 Å². The van der Waals surface area contributed by atoms with Gasteiger partial charge in [-0.15, -0.1) is 0 Å². The van der Waals surface area contributed by atoms with Gasteiger partial charge >= 0.3 is 0 Å². The molecule has 2 nitrogen and oxygen atoms in total. The topological polar surface area (TPSA) is 35.2 Å². The molecule has 1 unspecified atom stereocenters. The first-order valence-electron chi connectivity index (χ1n) is 5.95. The van der Waals surface area contributed by atoms with Crippen molar-refractivity contribution in [2.75, 3.05) is 13.2 Å². The van der Waals surface area contributed by atoms with Gasteiger partial charge in [0.25, 0.3) is 0 Å². The lowest BCUT2D eigenvalue weighted by molar-refractivity contribution is 0.0617. The van der Waals surface area contributed by atoms with Gasteiger partial charge in [-0.2, -0.15) is 0 Å². The highest BCUT2D eigenvalue weighted by molar-refractivity contribution is 9.10. The van der Waals surface area contributed by atoms with Crippen LogP contribution in [0.1, 0.15) is 30.9 Å². The van der Waals surface area contributed by atoms with E-state index < -0.39 is 0 Å². The molecule has 17 heavy (non-hydrogen) atoms. The molecule has 0 aliphatic carbocycles. The molecule has 1 aliphatic rings. The lowest BCUT2D eigenvalue weighted by Gasteiger charge is -2.25. The summed E-state index contributed by atoms with van der Waals surface area (Å²) in [5.74, 6) is 0.338. The quantitative estimate of drug-likeness (QED) is 0.928. The summed E-state index contributed by atoms with van der Waals surface area (Å²) in [6, 6.07) is 4.71. The van der Waals surface area contributed by atoms with Crippen molar-refractivity contribution in [3.63, 3.8) is 0 Å². The van der Waals surface area contributed by atoms with Crippen molar-refractivity contribution < 1.29 is 9.13 Å². The minimum atomic E-state index is -0.226. The van der Waals surface area contributed by atoms with Gasteiger partial charge in [-0.3, -0.25) is 0 Å². The van der Waals surface area contributed by atoms with Gasteiger partial charge < -0.3 is 10.5 Å². The summed E-state index contributed by atoms with van der Waals surface area (Å²) >= 11 is 3.35. The standard InChI is InChI=1S/C13H17BrFNO/c14-10-1-2-12(15)11(8-10)13(16)7-9-3-5-17-6-4-9/h1-2,8-9,13H,3-7,16H2. The summed E-state index contributed by atoms with van der Waals surface area (Å²) in [6.45, 7) is 1.61. The molecule has 4 heteroatoms. The number of hydrogen-bond donors (Lipinski definition) is 1. The van der Waals surface area contributed by atoms with E-state index in [1.165, 1.54) is 6.07 Å². The second-order valence-electron chi connectivity index (χ2n) is 4.56. The van der Waals surface area contributed by atoms with Crippen LogP contribution in [0.15, 0.2) is 22.7 Å². The van der Waals surface area contributed by atoms with E-state index in [0.717, 1.165) is 36.9 Å². The van der Waals surface area contributed by atoms with Crippen LogP contribution in [0.2, 0.25) is 0 Å². The zero-order valence-corrected chi connectivity index (χ0v) is 11.2. The van der Waals surface area contributed by atoms with Crippen LogP contribution in [-0.4, -0.2) is 13.2 Å².